The maximum atomic E-state index is 13.1. The summed E-state index contributed by atoms with van der Waals surface area (Å²) in [6, 6.07) is 3.06. The van der Waals surface area contributed by atoms with Crippen LogP contribution in [0.3, 0.4) is 0 Å². The zero-order chi connectivity index (χ0) is 12.8. The third-order valence-corrected chi connectivity index (χ3v) is 3.59. The van der Waals surface area contributed by atoms with E-state index in [4.69, 9.17) is 11.6 Å². The molecule has 0 spiro atoms. The van der Waals surface area contributed by atoms with Crippen LogP contribution in [0.5, 0.6) is 0 Å². The number of allylic oxidation sites excluding steroid dienone is 1. The van der Waals surface area contributed by atoms with Crippen LogP contribution in [0.4, 0.5) is 4.39 Å². The molecule has 0 aliphatic heterocycles. The second kappa shape index (κ2) is 6.82. The van der Waals surface area contributed by atoms with Crippen molar-refractivity contribution in [2.45, 2.75) is 20.3 Å². The summed E-state index contributed by atoms with van der Waals surface area (Å²) in [5.74, 6) is 0.461. The van der Waals surface area contributed by atoms with Crippen molar-refractivity contribution in [3.63, 3.8) is 0 Å². The van der Waals surface area contributed by atoms with E-state index in [9.17, 15) is 9.18 Å². The molecule has 0 amide bonds. The van der Waals surface area contributed by atoms with E-state index >= 15 is 0 Å². The van der Waals surface area contributed by atoms with Gasteiger partial charge in [-0.1, -0.05) is 41.6 Å². The SMILES string of the molecule is CC(=O)SCCC=Cc1ccc(F)c(C)c1Cl. The molecule has 0 heterocycles. The molecular weight excluding hydrogens is 259 g/mol. The van der Waals surface area contributed by atoms with Crippen molar-refractivity contribution in [2.75, 3.05) is 5.75 Å². The van der Waals surface area contributed by atoms with Gasteiger partial charge in [0.2, 0.25) is 0 Å². The number of carbonyl (C=O) groups excluding carboxylic acids is 1. The van der Waals surface area contributed by atoms with Gasteiger partial charge in [-0.05, 0) is 25.0 Å². The van der Waals surface area contributed by atoms with Crippen molar-refractivity contribution >= 4 is 34.6 Å². The first-order chi connectivity index (χ1) is 8.02. The highest BCUT2D eigenvalue weighted by Gasteiger charge is 2.05. The van der Waals surface area contributed by atoms with E-state index in [1.807, 2.05) is 12.2 Å². The Kier molecular flexibility index (Phi) is 5.72. The predicted molar refractivity (Wildman–Crippen MR) is 72.9 cm³/mol. The van der Waals surface area contributed by atoms with Gasteiger partial charge in [-0.3, -0.25) is 4.79 Å². The second-order valence-electron chi connectivity index (χ2n) is 3.61. The van der Waals surface area contributed by atoms with Crippen LogP contribution < -0.4 is 0 Å². The van der Waals surface area contributed by atoms with Gasteiger partial charge < -0.3 is 0 Å². The second-order valence-corrected chi connectivity index (χ2v) is 5.26. The fourth-order valence-electron chi connectivity index (χ4n) is 1.29. The Bertz CT molecular complexity index is 443. The van der Waals surface area contributed by atoms with Gasteiger partial charge in [0.15, 0.2) is 5.12 Å². The minimum Gasteiger partial charge on any atom is -0.288 e. The summed E-state index contributed by atoms with van der Waals surface area (Å²) in [7, 11) is 0. The third-order valence-electron chi connectivity index (χ3n) is 2.24. The summed E-state index contributed by atoms with van der Waals surface area (Å²) in [5, 5.41) is 0.564. The molecule has 0 radical (unpaired) electrons. The van der Waals surface area contributed by atoms with Crippen molar-refractivity contribution in [3.05, 3.63) is 40.2 Å². The van der Waals surface area contributed by atoms with Gasteiger partial charge in [-0.25, -0.2) is 4.39 Å². The van der Waals surface area contributed by atoms with Gasteiger partial charge in [-0.2, -0.15) is 0 Å². The molecule has 0 fully saturated rings. The normalized spacial score (nSPS) is 11.1. The van der Waals surface area contributed by atoms with Crippen molar-refractivity contribution < 1.29 is 9.18 Å². The summed E-state index contributed by atoms with van der Waals surface area (Å²) in [4.78, 5) is 10.7. The Labute approximate surface area is 110 Å². The summed E-state index contributed by atoms with van der Waals surface area (Å²) in [6.07, 6.45) is 4.58. The molecule has 0 bridgehead atoms. The lowest BCUT2D eigenvalue weighted by atomic mass is 10.1. The number of benzene rings is 1. The van der Waals surface area contributed by atoms with Gasteiger partial charge >= 0.3 is 0 Å². The minimum atomic E-state index is -0.292. The number of hydrogen-bond acceptors (Lipinski definition) is 2. The number of halogens is 2. The molecule has 1 nitrogen and oxygen atoms in total. The Hall–Kier alpha value is -0.800. The van der Waals surface area contributed by atoms with Gasteiger partial charge in [0.1, 0.15) is 5.82 Å². The number of rotatable bonds is 4. The standard InChI is InChI=1S/C13H14ClFOS/c1-9-12(15)7-6-11(13(9)14)5-3-4-8-17-10(2)16/h3,5-7H,4,8H2,1-2H3. The quantitative estimate of drug-likeness (QED) is 0.752. The third kappa shape index (κ3) is 4.52. The van der Waals surface area contributed by atoms with Crippen molar-refractivity contribution in [3.8, 4) is 0 Å². The zero-order valence-corrected chi connectivity index (χ0v) is 11.4. The lowest BCUT2D eigenvalue weighted by molar-refractivity contribution is -0.109. The van der Waals surface area contributed by atoms with E-state index in [0.717, 1.165) is 17.7 Å². The average molecular weight is 273 g/mol. The average Bonchev–Trinajstić information content (AvgIpc) is 2.28. The van der Waals surface area contributed by atoms with Crippen LogP contribution in [0.1, 0.15) is 24.5 Å². The summed E-state index contributed by atoms with van der Waals surface area (Å²) < 4.78 is 13.1. The first-order valence-corrected chi connectivity index (χ1v) is 6.63. The molecule has 1 aromatic carbocycles. The monoisotopic (exact) mass is 272 g/mol. The molecule has 0 saturated heterocycles. The molecule has 92 valence electrons. The molecule has 0 atom stereocenters. The summed E-state index contributed by atoms with van der Waals surface area (Å²) in [5.41, 5.74) is 1.27. The van der Waals surface area contributed by atoms with E-state index in [1.165, 1.54) is 17.8 Å². The smallest absolute Gasteiger partial charge is 0.185 e. The fraction of sp³-hybridized carbons (Fsp3) is 0.308. The van der Waals surface area contributed by atoms with Crippen LogP contribution in [-0.2, 0) is 4.79 Å². The highest BCUT2D eigenvalue weighted by molar-refractivity contribution is 8.13. The van der Waals surface area contributed by atoms with Gasteiger partial charge in [0.25, 0.3) is 0 Å². The molecule has 1 rings (SSSR count). The molecule has 0 N–H and O–H groups in total. The topological polar surface area (TPSA) is 17.1 Å². The van der Waals surface area contributed by atoms with Crippen LogP contribution >= 0.6 is 23.4 Å². The molecule has 0 aliphatic rings. The number of thioether (sulfide) groups is 1. The van der Waals surface area contributed by atoms with E-state index in [1.54, 1.807) is 19.9 Å². The minimum absolute atomic E-state index is 0.119. The van der Waals surface area contributed by atoms with Gasteiger partial charge in [0, 0.05) is 18.2 Å². The highest BCUT2D eigenvalue weighted by atomic mass is 35.5. The van der Waals surface area contributed by atoms with E-state index in [2.05, 4.69) is 0 Å². The highest BCUT2D eigenvalue weighted by Crippen LogP contribution is 2.24. The predicted octanol–water partition coefficient (Wildman–Crippen LogP) is 4.47. The van der Waals surface area contributed by atoms with Crippen LogP contribution in [0, 0.1) is 12.7 Å². The molecule has 1 aromatic rings. The Morgan fingerprint density at radius 3 is 2.88 bits per heavy atom. The van der Waals surface area contributed by atoms with Crippen molar-refractivity contribution in [1.82, 2.24) is 0 Å². The van der Waals surface area contributed by atoms with Gasteiger partial charge in [-0.15, -0.1) is 0 Å². The molecule has 4 heteroatoms. The van der Waals surface area contributed by atoms with E-state index in [0.29, 0.717) is 10.6 Å². The zero-order valence-electron chi connectivity index (χ0n) is 9.80. The van der Waals surface area contributed by atoms with Crippen LogP contribution in [0.25, 0.3) is 6.08 Å². The lowest BCUT2D eigenvalue weighted by Crippen LogP contribution is -1.87. The maximum Gasteiger partial charge on any atom is 0.185 e. The first kappa shape index (κ1) is 14.3. The van der Waals surface area contributed by atoms with Crippen molar-refractivity contribution in [1.29, 1.82) is 0 Å². The maximum absolute atomic E-state index is 13.1. The molecule has 0 unspecified atom stereocenters. The Morgan fingerprint density at radius 1 is 1.53 bits per heavy atom. The summed E-state index contributed by atoms with van der Waals surface area (Å²) >= 11 is 7.30. The van der Waals surface area contributed by atoms with E-state index < -0.39 is 0 Å². The molecular formula is C13H14ClFOS. The summed E-state index contributed by atoms with van der Waals surface area (Å²) in [6.45, 7) is 3.20. The van der Waals surface area contributed by atoms with E-state index in [-0.39, 0.29) is 10.9 Å². The Morgan fingerprint density at radius 2 is 2.24 bits per heavy atom. The van der Waals surface area contributed by atoms with Crippen molar-refractivity contribution in [2.24, 2.45) is 0 Å². The van der Waals surface area contributed by atoms with Crippen LogP contribution in [-0.4, -0.2) is 10.9 Å². The lowest BCUT2D eigenvalue weighted by Gasteiger charge is -2.03. The Balaban J connectivity index is 2.60. The number of carbonyl (C=O) groups is 1. The molecule has 0 saturated carbocycles. The largest absolute Gasteiger partial charge is 0.288 e. The molecule has 0 aliphatic carbocycles. The number of hydrogen-bond donors (Lipinski definition) is 0. The van der Waals surface area contributed by atoms with Crippen LogP contribution in [0.15, 0.2) is 18.2 Å². The molecule has 17 heavy (non-hydrogen) atoms. The first-order valence-electron chi connectivity index (χ1n) is 5.27. The van der Waals surface area contributed by atoms with Gasteiger partial charge in [0.05, 0.1) is 5.02 Å². The molecule has 0 aromatic heterocycles. The fourth-order valence-corrected chi connectivity index (χ4v) is 2.05. The van der Waals surface area contributed by atoms with Crippen LogP contribution in [0.2, 0.25) is 5.02 Å².